The molecule has 3 nitrogen and oxygen atoms in total. The number of rotatable bonds is 0. The van der Waals surface area contributed by atoms with Crippen molar-refractivity contribution in [2.24, 2.45) is 7.05 Å². The molecule has 0 amide bonds. The van der Waals surface area contributed by atoms with Gasteiger partial charge in [0.1, 0.15) is 5.52 Å². The van der Waals surface area contributed by atoms with E-state index in [2.05, 4.69) is 16.3 Å². The summed E-state index contributed by atoms with van der Waals surface area (Å²) in [7, 11) is 1.91. The summed E-state index contributed by atoms with van der Waals surface area (Å²) in [4.78, 5) is 4.09. The number of aryl methyl sites for hydroxylation is 2. The molecule has 11 heavy (non-hydrogen) atoms. The number of nitrogens with zero attached hydrogens (tertiary/aromatic N) is 3. The SMILES string of the molecule is Cc1nn(C)c2cc[c]nc12. The van der Waals surface area contributed by atoms with E-state index < -0.39 is 0 Å². The van der Waals surface area contributed by atoms with E-state index in [0.29, 0.717) is 0 Å². The molecule has 0 aliphatic heterocycles. The Balaban J connectivity index is 2.95. The second kappa shape index (κ2) is 2.05. The van der Waals surface area contributed by atoms with Crippen molar-refractivity contribution in [1.82, 2.24) is 14.8 Å². The fourth-order valence-electron chi connectivity index (χ4n) is 1.21. The Morgan fingerprint density at radius 3 is 3.09 bits per heavy atom. The van der Waals surface area contributed by atoms with E-state index in [1.807, 2.05) is 24.7 Å². The highest BCUT2D eigenvalue weighted by molar-refractivity contribution is 5.76. The van der Waals surface area contributed by atoms with Crippen LogP contribution in [0.25, 0.3) is 11.0 Å². The molecule has 0 aliphatic rings. The van der Waals surface area contributed by atoms with Crippen molar-refractivity contribution in [2.45, 2.75) is 6.92 Å². The molecule has 2 aromatic rings. The number of pyridine rings is 1. The Kier molecular flexibility index (Phi) is 1.18. The predicted octanol–water partition coefficient (Wildman–Crippen LogP) is 1.08. The minimum Gasteiger partial charge on any atom is -0.266 e. The van der Waals surface area contributed by atoms with Gasteiger partial charge in [-0.15, -0.1) is 0 Å². The highest BCUT2D eigenvalue weighted by Crippen LogP contribution is 2.12. The van der Waals surface area contributed by atoms with Gasteiger partial charge in [0, 0.05) is 7.05 Å². The maximum atomic E-state index is 4.22. The first-order valence-corrected chi connectivity index (χ1v) is 3.45. The third-order valence-electron chi connectivity index (χ3n) is 1.73. The van der Waals surface area contributed by atoms with Crippen molar-refractivity contribution in [3.63, 3.8) is 0 Å². The maximum absolute atomic E-state index is 4.22. The molecule has 3 heteroatoms. The van der Waals surface area contributed by atoms with E-state index in [0.717, 1.165) is 16.7 Å². The van der Waals surface area contributed by atoms with Crippen LogP contribution in [0.5, 0.6) is 0 Å². The molecule has 2 heterocycles. The van der Waals surface area contributed by atoms with Crippen molar-refractivity contribution in [1.29, 1.82) is 0 Å². The molecule has 2 rings (SSSR count). The molecule has 55 valence electrons. The lowest BCUT2D eigenvalue weighted by Gasteiger charge is -1.89. The van der Waals surface area contributed by atoms with Gasteiger partial charge >= 0.3 is 0 Å². The van der Waals surface area contributed by atoms with E-state index in [1.54, 1.807) is 6.07 Å². The molecular weight excluding hydrogens is 138 g/mol. The molecule has 0 atom stereocenters. The predicted molar refractivity (Wildman–Crippen MR) is 42.1 cm³/mol. The second-order valence-electron chi connectivity index (χ2n) is 2.52. The van der Waals surface area contributed by atoms with Crippen LogP contribution < -0.4 is 0 Å². The minimum absolute atomic E-state index is 0.940. The molecule has 0 saturated heterocycles. The van der Waals surface area contributed by atoms with Gasteiger partial charge < -0.3 is 0 Å². The van der Waals surface area contributed by atoms with Gasteiger partial charge in [-0.05, 0) is 19.1 Å². The lowest BCUT2D eigenvalue weighted by Crippen LogP contribution is -1.88. The first-order valence-electron chi connectivity index (χ1n) is 3.45. The highest BCUT2D eigenvalue weighted by Gasteiger charge is 2.02. The normalized spacial score (nSPS) is 10.7. The Hall–Kier alpha value is -1.38. The standard InChI is InChI=1S/C8H8N3/c1-6-8-7(11(2)10-6)4-3-5-9-8/h3-4H,1-2H3. The van der Waals surface area contributed by atoms with Crippen LogP contribution in [0.4, 0.5) is 0 Å². The lowest BCUT2D eigenvalue weighted by atomic mass is 10.3. The Morgan fingerprint density at radius 1 is 1.55 bits per heavy atom. The third-order valence-corrected chi connectivity index (χ3v) is 1.73. The molecule has 0 bridgehead atoms. The van der Waals surface area contributed by atoms with Crippen LogP contribution in [-0.4, -0.2) is 14.8 Å². The summed E-state index contributed by atoms with van der Waals surface area (Å²) in [5.41, 5.74) is 2.95. The summed E-state index contributed by atoms with van der Waals surface area (Å²) < 4.78 is 1.82. The number of hydrogen-bond donors (Lipinski definition) is 0. The first kappa shape index (κ1) is 6.34. The van der Waals surface area contributed by atoms with Gasteiger partial charge in [-0.3, -0.25) is 4.68 Å². The molecule has 2 aromatic heterocycles. The lowest BCUT2D eigenvalue weighted by molar-refractivity contribution is 0.783. The minimum atomic E-state index is 0.940. The van der Waals surface area contributed by atoms with Crippen LogP contribution in [-0.2, 0) is 7.05 Å². The van der Waals surface area contributed by atoms with Crippen molar-refractivity contribution < 1.29 is 0 Å². The van der Waals surface area contributed by atoms with Crippen LogP contribution in [0, 0.1) is 13.1 Å². The monoisotopic (exact) mass is 146 g/mol. The topological polar surface area (TPSA) is 30.7 Å². The van der Waals surface area contributed by atoms with Gasteiger partial charge in [0.05, 0.1) is 17.4 Å². The second-order valence-corrected chi connectivity index (χ2v) is 2.52. The first-order chi connectivity index (χ1) is 5.29. The molecule has 0 N–H and O–H groups in total. The average molecular weight is 146 g/mol. The summed E-state index contributed by atoms with van der Waals surface area (Å²) in [6.07, 6.45) is 2.79. The number of hydrogen-bond acceptors (Lipinski definition) is 2. The Morgan fingerprint density at radius 2 is 2.36 bits per heavy atom. The van der Waals surface area contributed by atoms with E-state index >= 15 is 0 Å². The van der Waals surface area contributed by atoms with Gasteiger partial charge in [-0.2, -0.15) is 5.10 Å². The highest BCUT2D eigenvalue weighted by atomic mass is 15.3. The van der Waals surface area contributed by atoms with Gasteiger partial charge in [-0.1, -0.05) is 0 Å². The molecule has 1 radical (unpaired) electrons. The fourth-order valence-corrected chi connectivity index (χ4v) is 1.21. The van der Waals surface area contributed by atoms with Gasteiger partial charge in [0.15, 0.2) is 0 Å². The van der Waals surface area contributed by atoms with Crippen LogP contribution in [0.1, 0.15) is 5.69 Å². The molecule has 0 aromatic carbocycles. The van der Waals surface area contributed by atoms with Gasteiger partial charge in [0.2, 0.25) is 0 Å². The molecule has 0 saturated carbocycles. The summed E-state index contributed by atoms with van der Waals surface area (Å²) >= 11 is 0. The Bertz CT molecular complexity index is 353. The van der Waals surface area contributed by atoms with E-state index in [1.165, 1.54) is 0 Å². The molecule has 0 aliphatic carbocycles. The van der Waals surface area contributed by atoms with Crippen molar-refractivity contribution in [2.75, 3.05) is 0 Å². The van der Waals surface area contributed by atoms with Crippen molar-refractivity contribution in [3.05, 3.63) is 24.0 Å². The van der Waals surface area contributed by atoms with E-state index in [-0.39, 0.29) is 0 Å². The fraction of sp³-hybridized carbons (Fsp3) is 0.250. The number of fused-ring (bicyclic) bond motifs is 1. The van der Waals surface area contributed by atoms with E-state index in [9.17, 15) is 0 Å². The average Bonchev–Trinajstić information content (AvgIpc) is 2.30. The van der Waals surface area contributed by atoms with E-state index in [4.69, 9.17) is 0 Å². The van der Waals surface area contributed by atoms with Crippen molar-refractivity contribution >= 4 is 11.0 Å². The van der Waals surface area contributed by atoms with Crippen LogP contribution in [0.15, 0.2) is 12.1 Å². The van der Waals surface area contributed by atoms with Crippen LogP contribution >= 0.6 is 0 Å². The van der Waals surface area contributed by atoms with Crippen LogP contribution in [0.3, 0.4) is 0 Å². The summed E-state index contributed by atoms with van der Waals surface area (Å²) in [5, 5.41) is 4.22. The van der Waals surface area contributed by atoms with Gasteiger partial charge in [0.25, 0.3) is 0 Å². The quantitative estimate of drug-likeness (QED) is 0.556. The van der Waals surface area contributed by atoms with Crippen LogP contribution in [0.2, 0.25) is 0 Å². The largest absolute Gasteiger partial charge is 0.266 e. The molecule has 0 fully saturated rings. The zero-order valence-corrected chi connectivity index (χ0v) is 6.50. The van der Waals surface area contributed by atoms with Crippen molar-refractivity contribution in [3.8, 4) is 0 Å². The maximum Gasteiger partial charge on any atom is 0.112 e. The Labute approximate surface area is 64.7 Å². The smallest absolute Gasteiger partial charge is 0.112 e. The zero-order valence-electron chi connectivity index (χ0n) is 6.50. The zero-order chi connectivity index (χ0) is 7.84. The summed E-state index contributed by atoms with van der Waals surface area (Å²) in [6.45, 7) is 1.95. The molecular formula is C8H8N3. The molecule has 0 unspecified atom stereocenters. The molecule has 0 spiro atoms. The third kappa shape index (κ3) is 0.808. The summed E-state index contributed by atoms with van der Waals surface area (Å²) in [6, 6.07) is 3.76. The van der Waals surface area contributed by atoms with Gasteiger partial charge in [-0.25, -0.2) is 4.98 Å². The number of aromatic nitrogens is 3. The summed E-state index contributed by atoms with van der Waals surface area (Å²) in [5.74, 6) is 0.